The van der Waals surface area contributed by atoms with Gasteiger partial charge in [-0.2, -0.15) is 0 Å². The van der Waals surface area contributed by atoms with Gasteiger partial charge in [0.2, 0.25) is 0 Å². The molecule has 0 bridgehead atoms. The highest BCUT2D eigenvalue weighted by Crippen LogP contribution is 2.34. The van der Waals surface area contributed by atoms with Gasteiger partial charge in [0.15, 0.2) is 0 Å². The summed E-state index contributed by atoms with van der Waals surface area (Å²) in [5.41, 5.74) is 1.11. The summed E-state index contributed by atoms with van der Waals surface area (Å²) in [5, 5.41) is 7.06. The molecule has 98 valence electrons. The molecular weight excluding hydrogens is 224 g/mol. The lowest BCUT2D eigenvalue weighted by Gasteiger charge is -2.27. The van der Waals surface area contributed by atoms with E-state index in [1.54, 1.807) is 0 Å². The Bertz CT molecular complexity index is 407. The number of nitrogens with one attached hydrogen (secondary N) is 2. The number of anilines is 1. The predicted octanol–water partition coefficient (Wildman–Crippen LogP) is 2.64. The smallest absolute Gasteiger partial charge is 0.142 e. The predicted molar refractivity (Wildman–Crippen MR) is 74.2 cm³/mol. The SMILES string of the molecule is CCCC1CC1NCC1CNc2ccccc2O1. The first kappa shape index (κ1) is 11.8. The Morgan fingerprint density at radius 1 is 1.39 bits per heavy atom. The molecule has 18 heavy (non-hydrogen) atoms. The summed E-state index contributed by atoms with van der Waals surface area (Å²) in [4.78, 5) is 0. The average Bonchev–Trinajstić information content (AvgIpc) is 3.15. The maximum atomic E-state index is 5.98. The van der Waals surface area contributed by atoms with Crippen molar-refractivity contribution in [2.75, 3.05) is 18.4 Å². The average molecular weight is 246 g/mol. The lowest BCUT2D eigenvalue weighted by atomic mass is 10.2. The highest BCUT2D eigenvalue weighted by Gasteiger charge is 2.36. The normalized spacial score (nSPS) is 29.1. The topological polar surface area (TPSA) is 33.3 Å². The molecule has 1 fully saturated rings. The molecule has 1 aromatic rings. The summed E-state index contributed by atoms with van der Waals surface area (Å²) in [6, 6.07) is 8.90. The van der Waals surface area contributed by atoms with E-state index in [1.165, 1.54) is 19.3 Å². The van der Waals surface area contributed by atoms with Crippen LogP contribution in [0.2, 0.25) is 0 Å². The van der Waals surface area contributed by atoms with Crippen molar-refractivity contribution in [3.8, 4) is 5.75 Å². The van der Waals surface area contributed by atoms with Crippen molar-refractivity contribution >= 4 is 5.69 Å². The van der Waals surface area contributed by atoms with Gasteiger partial charge in [-0.3, -0.25) is 0 Å². The maximum absolute atomic E-state index is 5.98. The largest absolute Gasteiger partial charge is 0.485 e. The number of rotatable bonds is 5. The molecule has 1 saturated carbocycles. The number of ether oxygens (including phenoxy) is 1. The van der Waals surface area contributed by atoms with Crippen LogP contribution in [0.1, 0.15) is 26.2 Å². The van der Waals surface area contributed by atoms with Crippen LogP contribution in [0.4, 0.5) is 5.69 Å². The lowest BCUT2D eigenvalue weighted by molar-refractivity contribution is 0.201. The van der Waals surface area contributed by atoms with Crippen LogP contribution in [0.3, 0.4) is 0 Å². The third-order valence-electron chi connectivity index (χ3n) is 3.89. The fourth-order valence-corrected chi connectivity index (χ4v) is 2.74. The van der Waals surface area contributed by atoms with E-state index in [1.807, 2.05) is 18.2 Å². The molecule has 3 heteroatoms. The molecule has 1 aromatic carbocycles. The first-order valence-electron chi connectivity index (χ1n) is 7.09. The van der Waals surface area contributed by atoms with E-state index >= 15 is 0 Å². The summed E-state index contributed by atoms with van der Waals surface area (Å²) in [6.45, 7) is 4.11. The molecule has 2 aliphatic rings. The van der Waals surface area contributed by atoms with Crippen LogP contribution in [0.15, 0.2) is 24.3 Å². The Labute approximate surface area is 109 Å². The van der Waals surface area contributed by atoms with Crippen molar-refractivity contribution in [1.29, 1.82) is 0 Å². The van der Waals surface area contributed by atoms with Gasteiger partial charge in [0.05, 0.1) is 12.2 Å². The zero-order valence-electron chi connectivity index (χ0n) is 11.0. The van der Waals surface area contributed by atoms with Crippen molar-refractivity contribution in [2.24, 2.45) is 5.92 Å². The summed E-state index contributed by atoms with van der Waals surface area (Å²) in [7, 11) is 0. The molecule has 3 rings (SSSR count). The van der Waals surface area contributed by atoms with Crippen molar-refractivity contribution < 1.29 is 4.74 Å². The lowest BCUT2D eigenvalue weighted by Crippen LogP contribution is -2.40. The van der Waals surface area contributed by atoms with Crippen molar-refractivity contribution in [2.45, 2.75) is 38.3 Å². The summed E-state index contributed by atoms with van der Waals surface area (Å²) in [6.07, 6.45) is 4.27. The van der Waals surface area contributed by atoms with Gasteiger partial charge >= 0.3 is 0 Å². The number of hydrogen-bond acceptors (Lipinski definition) is 3. The number of para-hydroxylation sites is 2. The van der Waals surface area contributed by atoms with E-state index in [0.29, 0.717) is 0 Å². The van der Waals surface area contributed by atoms with Crippen LogP contribution in [-0.2, 0) is 0 Å². The molecule has 0 amide bonds. The maximum Gasteiger partial charge on any atom is 0.142 e. The molecule has 1 heterocycles. The third-order valence-corrected chi connectivity index (χ3v) is 3.89. The Morgan fingerprint density at radius 2 is 2.28 bits per heavy atom. The van der Waals surface area contributed by atoms with Gasteiger partial charge in [-0.25, -0.2) is 0 Å². The van der Waals surface area contributed by atoms with Gasteiger partial charge in [-0.15, -0.1) is 0 Å². The van der Waals surface area contributed by atoms with Crippen molar-refractivity contribution in [3.05, 3.63) is 24.3 Å². The van der Waals surface area contributed by atoms with Gasteiger partial charge in [-0.05, 0) is 30.9 Å². The zero-order valence-corrected chi connectivity index (χ0v) is 11.0. The molecule has 0 aromatic heterocycles. The van der Waals surface area contributed by atoms with Gasteiger partial charge in [0, 0.05) is 12.6 Å². The highest BCUT2D eigenvalue weighted by molar-refractivity contribution is 5.57. The van der Waals surface area contributed by atoms with Gasteiger partial charge in [0.25, 0.3) is 0 Å². The van der Waals surface area contributed by atoms with Crippen LogP contribution in [0, 0.1) is 5.92 Å². The summed E-state index contributed by atoms with van der Waals surface area (Å²) < 4.78 is 5.98. The number of hydrogen-bond donors (Lipinski definition) is 2. The molecule has 2 N–H and O–H groups in total. The van der Waals surface area contributed by atoms with Gasteiger partial charge < -0.3 is 15.4 Å². The Kier molecular flexibility index (Phi) is 3.41. The Balaban J connectivity index is 1.46. The van der Waals surface area contributed by atoms with Crippen LogP contribution in [0.5, 0.6) is 5.75 Å². The highest BCUT2D eigenvalue weighted by atomic mass is 16.5. The molecule has 0 radical (unpaired) electrons. The minimum atomic E-state index is 0.253. The first-order chi connectivity index (χ1) is 8.86. The fourth-order valence-electron chi connectivity index (χ4n) is 2.74. The Morgan fingerprint density at radius 3 is 3.17 bits per heavy atom. The minimum absolute atomic E-state index is 0.253. The molecule has 3 nitrogen and oxygen atoms in total. The second-order valence-corrected chi connectivity index (χ2v) is 5.42. The van der Waals surface area contributed by atoms with Crippen LogP contribution < -0.4 is 15.4 Å². The quantitative estimate of drug-likeness (QED) is 0.838. The van der Waals surface area contributed by atoms with Crippen LogP contribution in [-0.4, -0.2) is 25.2 Å². The van der Waals surface area contributed by atoms with E-state index in [9.17, 15) is 0 Å². The van der Waals surface area contributed by atoms with Gasteiger partial charge in [0.1, 0.15) is 11.9 Å². The Hall–Kier alpha value is -1.22. The molecule has 1 aliphatic carbocycles. The van der Waals surface area contributed by atoms with Crippen molar-refractivity contribution in [3.63, 3.8) is 0 Å². The molecule has 0 saturated heterocycles. The molecule has 3 atom stereocenters. The van der Waals surface area contributed by atoms with E-state index in [4.69, 9.17) is 4.74 Å². The van der Waals surface area contributed by atoms with E-state index in [0.717, 1.165) is 36.5 Å². The zero-order chi connectivity index (χ0) is 12.4. The molecule has 1 aliphatic heterocycles. The van der Waals surface area contributed by atoms with E-state index in [2.05, 4.69) is 23.6 Å². The van der Waals surface area contributed by atoms with Crippen LogP contribution >= 0.6 is 0 Å². The molecule has 0 spiro atoms. The van der Waals surface area contributed by atoms with Gasteiger partial charge in [-0.1, -0.05) is 25.5 Å². The molecular formula is C15H22N2O. The first-order valence-corrected chi connectivity index (χ1v) is 7.09. The monoisotopic (exact) mass is 246 g/mol. The number of fused-ring (bicyclic) bond motifs is 1. The van der Waals surface area contributed by atoms with E-state index in [-0.39, 0.29) is 6.10 Å². The summed E-state index contributed by atoms with van der Waals surface area (Å²) in [5.74, 6) is 1.90. The standard InChI is InChI=1S/C15H22N2O/c1-2-5-11-8-14(11)17-10-12-9-16-13-6-3-4-7-15(13)18-12/h3-4,6-7,11-12,14,16-17H,2,5,8-10H2,1H3. The minimum Gasteiger partial charge on any atom is -0.485 e. The second kappa shape index (κ2) is 5.19. The fraction of sp³-hybridized carbons (Fsp3) is 0.600. The second-order valence-electron chi connectivity index (χ2n) is 5.42. The summed E-state index contributed by atoms with van der Waals surface area (Å²) >= 11 is 0. The third kappa shape index (κ3) is 2.61. The van der Waals surface area contributed by atoms with E-state index < -0.39 is 0 Å². The number of benzene rings is 1. The molecule has 3 unspecified atom stereocenters. The van der Waals surface area contributed by atoms with Crippen LogP contribution in [0.25, 0.3) is 0 Å². The van der Waals surface area contributed by atoms with Crippen molar-refractivity contribution in [1.82, 2.24) is 5.32 Å².